The number of piperidine rings is 1. The summed E-state index contributed by atoms with van der Waals surface area (Å²) in [5.74, 6) is 1.36. The Morgan fingerprint density at radius 2 is 1.71 bits per heavy atom. The van der Waals surface area contributed by atoms with E-state index in [0.717, 1.165) is 36.1 Å². The molecule has 1 unspecified atom stereocenters. The maximum Gasteiger partial charge on any atom is 0.260 e. The van der Waals surface area contributed by atoms with Crippen LogP contribution >= 0.6 is 0 Å². The Morgan fingerprint density at radius 1 is 1.03 bits per heavy atom. The van der Waals surface area contributed by atoms with E-state index in [2.05, 4.69) is 19.2 Å². The molecule has 0 radical (unpaired) electrons. The molecule has 1 saturated heterocycles. The summed E-state index contributed by atoms with van der Waals surface area (Å²) in [6.07, 6.45) is 2.24. The Balaban J connectivity index is 1.46. The average Bonchev–Trinajstić information content (AvgIpc) is 2.82. The minimum atomic E-state index is -3.46. The summed E-state index contributed by atoms with van der Waals surface area (Å²) in [6.45, 7) is 9.63. The average molecular weight is 489 g/mol. The number of carbonyl (C=O) groups is 1. The molecule has 2 aromatic carbocycles. The molecule has 34 heavy (non-hydrogen) atoms. The first kappa shape index (κ1) is 26.0. The third-order valence-corrected chi connectivity index (χ3v) is 7.82. The first-order chi connectivity index (χ1) is 16.2. The van der Waals surface area contributed by atoms with Gasteiger partial charge in [0.2, 0.25) is 10.0 Å². The molecular weight excluding hydrogens is 452 g/mol. The molecular formula is C26H36N2O5S. The molecule has 0 spiro atoms. The van der Waals surface area contributed by atoms with Gasteiger partial charge in [0.05, 0.1) is 11.4 Å². The second kappa shape index (κ2) is 11.7. The lowest BCUT2D eigenvalue weighted by Crippen LogP contribution is -2.38. The van der Waals surface area contributed by atoms with Crippen LogP contribution in [0.2, 0.25) is 0 Å². The third-order valence-electron chi connectivity index (χ3n) is 5.91. The highest BCUT2D eigenvalue weighted by molar-refractivity contribution is 7.89. The van der Waals surface area contributed by atoms with Crippen molar-refractivity contribution >= 4 is 15.9 Å². The van der Waals surface area contributed by atoms with E-state index in [4.69, 9.17) is 9.47 Å². The lowest BCUT2D eigenvalue weighted by atomic mass is 10.0. The predicted octanol–water partition coefficient (Wildman–Crippen LogP) is 4.26. The maximum atomic E-state index is 12.7. The number of amides is 1. The molecule has 0 aromatic heterocycles. The molecule has 2 aromatic rings. The SMILES string of the molecule is Cc1ccc(C(C)C)c(OC(C)C(=O)NCCOc2ccc(S(=O)(=O)N3CCCCC3)cc2)c1. The number of sulfonamides is 1. The van der Waals surface area contributed by atoms with Crippen molar-refractivity contribution in [3.63, 3.8) is 0 Å². The number of carbonyl (C=O) groups excluding carboxylic acids is 1. The summed E-state index contributed by atoms with van der Waals surface area (Å²) >= 11 is 0. The van der Waals surface area contributed by atoms with E-state index in [0.29, 0.717) is 31.3 Å². The van der Waals surface area contributed by atoms with Crippen molar-refractivity contribution in [1.82, 2.24) is 9.62 Å². The first-order valence-corrected chi connectivity index (χ1v) is 13.4. The molecule has 8 heteroatoms. The van der Waals surface area contributed by atoms with Crippen molar-refractivity contribution in [3.05, 3.63) is 53.6 Å². The Kier molecular flexibility index (Phi) is 8.97. The maximum absolute atomic E-state index is 12.7. The molecule has 186 valence electrons. The van der Waals surface area contributed by atoms with Gasteiger partial charge in [0.15, 0.2) is 6.10 Å². The van der Waals surface area contributed by atoms with Crippen LogP contribution in [-0.4, -0.2) is 51.0 Å². The van der Waals surface area contributed by atoms with Crippen LogP contribution in [0.15, 0.2) is 47.4 Å². The molecule has 1 heterocycles. The van der Waals surface area contributed by atoms with E-state index in [-0.39, 0.29) is 17.4 Å². The number of benzene rings is 2. The Bertz CT molecular complexity index is 1060. The fraction of sp³-hybridized carbons (Fsp3) is 0.500. The molecule has 0 bridgehead atoms. The second-order valence-electron chi connectivity index (χ2n) is 9.03. The minimum Gasteiger partial charge on any atom is -0.492 e. The number of hydrogen-bond acceptors (Lipinski definition) is 5. The van der Waals surface area contributed by atoms with Crippen molar-refractivity contribution in [3.8, 4) is 11.5 Å². The third kappa shape index (κ3) is 6.73. The van der Waals surface area contributed by atoms with E-state index in [1.54, 1.807) is 35.5 Å². The van der Waals surface area contributed by atoms with Gasteiger partial charge in [-0.25, -0.2) is 8.42 Å². The van der Waals surface area contributed by atoms with Gasteiger partial charge in [-0.1, -0.05) is 32.4 Å². The van der Waals surface area contributed by atoms with Crippen LogP contribution in [0.1, 0.15) is 57.1 Å². The van der Waals surface area contributed by atoms with E-state index >= 15 is 0 Å². The topological polar surface area (TPSA) is 84.9 Å². The summed E-state index contributed by atoms with van der Waals surface area (Å²) < 4.78 is 38.6. The van der Waals surface area contributed by atoms with Crippen LogP contribution in [0.3, 0.4) is 0 Å². The molecule has 1 atom stereocenters. The molecule has 1 aliphatic rings. The van der Waals surface area contributed by atoms with E-state index in [1.165, 1.54) is 0 Å². The smallest absolute Gasteiger partial charge is 0.260 e. The van der Waals surface area contributed by atoms with Gasteiger partial charge in [0.25, 0.3) is 5.91 Å². The molecule has 0 aliphatic carbocycles. The number of nitrogens with one attached hydrogen (secondary N) is 1. The second-order valence-corrected chi connectivity index (χ2v) is 11.0. The normalized spacial score (nSPS) is 15.7. The molecule has 0 saturated carbocycles. The number of ether oxygens (including phenoxy) is 2. The summed E-state index contributed by atoms with van der Waals surface area (Å²) in [7, 11) is -3.46. The van der Waals surface area contributed by atoms with E-state index in [1.807, 2.05) is 25.1 Å². The summed E-state index contributed by atoms with van der Waals surface area (Å²) in [5, 5.41) is 2.82. The van der Waals surface area contributed by atoms with Gasteiger partial charge >= 0.3 is 0 Å². The zero-order valence-electron chi connectivity index (χ0n) is 20.5. The molecule has 1 aliphatic heterocycles. The quantitative estimate of drug-likeness (QED) is 0.505. The van der Waals surface area contributed by atoms with Gasteiger partial charge in [0, 0.05) is 13.1 Å². The van der Waals surface area contributed by atoms with Gasteiger partial charge < -0.3 is 14.8 Å². The minimum absolute atomic E-state index is 0.220. The van der Waals surface area contributed by atoms with Crippen LogP contribution in [0, 0.1) is 6.92 Å². The zero-order chi connectivity index (χ0) is 24.7. The van der Waals surface area contributed by atoms with Gasteiger partial charge in [-0.15, -0.1) is 0 Å². The lowest BCUT2D eigenvalue weighted by molar-refractivity contribution is -0.127. The van der Waals surface area contributed by atoms with Gasteiger partial charge in [-0.05, 0) is 74.1 Å². The predicted molar refractivity (Wildman–Crippen MR) is 133 cm³/mol. The number of rotatable bonds is 10. The standard InChI is InChI=1S/C26H36N2O5S/c1-19(2)24-13-8-20(3)18-25(24)33-21(4)26(29)27-14-17-32-22-9-11-23(12-10-22)34(30,31)28-15-6-5-7-16-28/h8-13,18-19,21H,5-7,14-17H2,1-4H3,(H,27,29). The molecule has 1 N–H and O–H groups in total. The highest BCUT2D eigenvalue weighted by Gasteiger charge is 2.25. The summed E-state index contributed by atoms with van der Waals surface area (Å²) in [4.78, 5) is 12.7. The van der Waals surface area contributed by atoms with Crippen molar-refractivity contribution in [1.29, 1.82) is 0 Å². The van der Waals surface area contributed by atoms with E-state index < -0.39 is 16.1 Å². The van der Waals surface area contributed by atoms with Crippen molar-refractivity contribution in [2.75, 3.05) is 26.2 Å². The van der Waals surface area contributed by atoms with Crippen LogP contribution in [0.25, 0.3) is 0 Å². The van der Waals surface area contributed by atoms with Crippen LogP contribution in [0.4, 0.5) is 0 Å². The number of aryl methyl sites for hydroxylation is 1. The van der Waals surface area contributed by atoms with Crippen molar-refractivity contribution in [2.45, 2.75) is 63.9 Å². The monoisotopic (exact) mass is 488 g/mol. The van der Waals surface area contributed by atoms with Gasteiger partial charge in [0.1, 0.15) is 18.1 Å². The van der Waals surface area contributed by atoms with Gasteiger partial charge in [-0.3, -0.25) is 4.79 Å². The number of nitrogens with zero attached hydrogens (tertiary/aromatic N) is 1. The summed E-state index contributed by atoms with van der Waals surface area (Å²) in [6, 6.07) is 12.5. The Morgan fingerprint density at radius 3 is 2.35 bits per heavy atom. The van der Waals surface area contributed by atoms with Crippen LogP contribution in [0.5, 0.6) is 11.5 Å². The fourth-order valence-corrected chi connectivity index (χ4v) is 5.43. The van der Waals surface area contributed by atoms with Crippen LogP contribution in [-0.2, 0) is 14.8 Å². The Hall–Kier alpha value is -2.58. The molecule has 1 amide bonds. The summed E-state index contributed by atoms with van der Waals surface area (Å²) in [5.41, 5.74) is 2.15. The van der Waals surface area contributed by atoms with Crippen molar-refractivity contribution < 1.29 is 22.7 Å². The van der Waals surface area contributed by atoms with E-state index in [9.17, 15) is 13.2 Å². The highest BCUT2D eigenvalue weighted by Crippen LogP contribution is 2.28. The van der Waals surface area contributed by atoms with Crippen LogP contribution < -0.4 is 14.8 Å². The van der Waals surface area contributed by atoms with Crippen molar-refractivity contribution in [2.24, 2.45) is 0 Å². The highest BCUT2D eigenvalue weighted by atomic mass is 32.2. The Labute approximate surface area is 203 Å². The largest absolute Gasteiger partial charge is 0.492 e. The lowest BCUT2D eigenvalue weighted by Gasteiger charge is -2.25. The molecule has 1 fully saturated rings. The fourth-order valence-electron chi connectivity index (χ4n) is 3.91. The number of hydrogen-bond donors (Lipinski definition) is 1. The first-order valence-electron chi connectivity index (χ1n) is 12.0. The molecule has 7 nitrogen and oxygen atoms in total. The molecule has 3 rings (SSSR count). The zero-order valence-corrected chi connectivity index (χ0v) is 21.4. The van der Waals surface area contributed by atoms with Gasteiger partial charge in [-0.2, -0.15) is 4.31 Å².